The van der Waals surface area contributed by atoms with Gasteiger partial charge in [-0.1, -0.05) is 12.1 Å². The fraction of sp³-hybridized carbons (Fsp3) is 0.500. The van der Waals surface area contributed by atoms with Crippen LogP contribution < -0.4 is 5.32 Å². The predicted molar refractivity (Wildman–Crippen MR) is 125 cm³/mol. The van der Waals surface area contributed by atoms with Crippen LogP contribution in [0.3, 0.4) is 0 Å². The molecular weight excluding hydrogens is 519 g/mol. The second-order valence-corrected chi connectivity index (χ2v) is 10.1. The summed E-state index contributed by atoms with van der Waals surface area (Å²) in [5.41, 5.74) is -3.85. The number of likely N-dealkylation sites (tertiary alicyclic amines) is 1. The summed E-state index contributed by atoms with van der Waals surface area (Å²) in [5, 5.41) is 2.89. The molecule has 4 rings (SSSR count). The SMILES string of the molecule is CC(C)N1CCC(N2CC(COCc3cc(C(F)(F)F)cc(C(F)(F)F)c3)(c3ccc(F)cc3)NC2=O)C1. The van der Waals surface area contributed by atoms with E-state index >= 15 is 0 Å². The number of ether oxygens (including phenoxy) is 1. The average molecular weight is 548 g/mol. The van der Waals surface area contributed by atoms with Crippen LogP contribution >= 0.6 is 0 Å². The van der Waals surface area contributed by atoms with E-state index in [0.717, 1.165) is 13.0 Å². The Morgan fingerprint density at radius 2 is 1.63 bits per heavy atom. The van der Waals surface area contributed by atoms with Crippen LogP contribution in [-0.2, 0) is 29.2 Å². The largest absolute Gasteiger partial charge is 0.416 e. The molecule has 0 radical (unpaired) electrons. The highest BCUT2D eigenvalue weighted by Crippen LogP contribution is 2.37. The van der Waals surface area contributed by atoms with Crippen LogP contribution in [0.15, 0.2) is 42.5 Å². The molecule has 0 saturated carbocycles. The number of rotatable bonds is 7. The summed E-state index contributed by atoms with van der Waals surface area (Å²) in [6.07, 6.45) is -9.21. The number of amides is 2. The van der Waals surface area contributed by atoms with Gasteiger partial charge in [0.25, 0.3) is 0 Å². The van der Waals surface area contributed by atoms with Crippen molar-refractivity contribution in [2.75, 3.05) is 26.2 Å². The summed E-state index contributed by atoms with van der Waals surface area (Å²) in [5.74, 6) is -0.502. The molecule has 0 aromatic heterocycles. The normalized spacial score (nSPS) is 22.9. The lowest BCUT2D eigenvalue weighted by molar-refractivity contribution is -0.143. The lowest BCUT2D eigenvalue weighted by Gasteiger charge is -2.30. The lowest BCUT2D eigenvalue weighted by Crippen LogP contribution is -2.45. The molecule has 1 N–H and O–H groups in total. The van der Waals surface area contributed by atoms with Gasteiger partial charge in [-0.15, -0.1) is 0 Å². The van der Waals surface area contributed by atoms with Gasteiger partial charge in [-0.2, -0.15) is 26.3 Å². The van der Waals surface area contributed by atoms with Gasteiger partial charge in [-0.3, -0.25) is 4.90 Å². The number of urea groups is 1. The van der Waals surface area contributed by atoms with E-state index in [1.807, 2.05) is 0 Å². The summed E-state index contributed by atoms with van der Waals surface area (Å²) >= 11 is 0. The maximum Gasteiger partial charge on any atom is 0.416 e. The molecule has 2 unspecified atom stereocenters. The molecule has 0 aliphatic carbocycles. The number of nitrogens with zero attached hydrogens (tertiary/aromatic N) is 2. The maximum absolute atomic E-state index is 13.6. The maximum atomic E-state index is 13.6. The molecule has 2 fully saturated rings. The van der Waals surface area contributed by atoms with Gasteiger partial charge < -0.3 is 15.0 Å². The van der Waals surface area contributed by atoms with Crippen molar-refractivity contribution in [3.05, 3.63) is 70.5 Å². The van der Waals surface area contributed by atoms with Crippen molar-refractivity contribution in [3.8, 4) is 0 Å². The summed E-state index contributed by atoms with van der Waals surface area (Å²) < 4.78 is 98.7. The Balaban J connectivity index is 1.57. The Hall–Kier alpha value is -2.86. The van der Waals surface area contributed by atoms with Crippen LogP contribution in [0.2, 0.25) is 0 Å². The molecule has 0 spiro atoms. The Morgan fingerprint density at radius 3 is 2.16 bits per heavy atom. The third-order valence-electron chi connectivity index (χ3n) is 7.07. The Labute approximate surface area is 215 Å². The zero-order chi connectivity index (χ0) is 27.9. The zero-order valence-electron chi connectivity index (χ0n) is 20.8. The molecule has 2 aromatic carbocycles. The molecule has 12 heteroatoms. The van der Waals surface area contributed by atoms with Crippen molar-refractivity contribution in [3.63, 3.8) is 0 Å². The van der Waals surface area contributed by atoms with Crippen molar-refractivity contribution >= 4 is 6.03 Å². The van der Waals surface area contributed by atoms with Crippen LogP contribution in [0.1, 0.15) is 42.5 Å². The third-order valence-corrected chi connectivity index (χ3v) is 7.07. The van der Waals surface area contributed by atoms with E-state index in [-0.39, 0.29) is 36.9 Å². The molecule has 208 valence electrons. The fourth-order valence-corrected chi connectivity index (χ4v) is 5.01. The second-order valence-electron chi connectivity index (χ2n) is 10.1. The first-order valence-corrected chi connectivity index (χ1v) is 12.1. The van der Waals surface area contributed by atoms with Gasteiger partial charge in [0.1, 0.15) is 11.4 Å². The van der Waals surface area contributed by atoms with Gasteiger partial charge >= 0.3 is 18.4 Å². The number of halogens is 7. The molecule has 2 saturated heterocycles. The quantitative estimate of drug-likeness (QED) is 0.447. The van der Waals surface area contributed by atoms with E-state index < -0.39 is 41.4 Å². The van der Waals surface area contributed by atoms with Crippen LogP contribution in [0.5, 0.6) is 0 Å². The molecule has 2 aliphatic heterocycles. The lowest BCUT2D eigenvalue weighted by atomic mass is 9.91. The fourth-order valence-electron chi connectivity index (χ4n) is 5.01. The van der Waals surface area contributed by atoms with E-state index in [9.17, 15) is 35.5 Å². The Kier molecular flexibility index (Phi) is 7.68. The van der Waals surface area contributed by atoms with E-state index in [0.29, 0.717) is 30.3 Å². The van der Waals surface area contributed by atoms with Crippen LogP contribution in [0.4, 0.5) is 35.5 Å². The van der Waals surface area contributed by atoms with E-state index in [4.69, 9.17) is 4.74 Å². The molecule has 5 nitrogen and oxygen atoms in total. The molecular formula is C26H28F7N3O2. The van der Waals surface area contributed by atoms with Crippen molar-refractivity contribution < 1.29 is 40.3 Å². The topological polar surface area (TPSA) is 44.8 Å². The van der Waals surface area contributed by atoms with Crippen molar-refractivity contribution in [1.82, 2.24) is 15.1 Å². The first-order valence-electron chi connectivity index (χ1n) is 12.1. The highest BCUT2D eigenvalue weighted by Gasteiger charge is 2.48. The van der Waals surface area contributed by atoms with E-state index in [2.05, 4.69) is 24.1 Å². The van der Waals surface area contributed by atoms with Gasteiger partial charge in [0.15, 0.2) is 0 Å². The van der Waals surface area contributed by atoms with Crippen LogP contribution in [0, 0.1) is 5.82 Å². The third kappa shape index (κ3) is 6.06. The highest BCUT2D eigenvalue weighted by atomic mass is 19.4. The number of benzene rings is 2. The summed E-state index contributed by atoms with van der Waals surface area (Å²) in [4.78, 5) is 17.0. The first kappa shape index (κ1) is 28.2. The number of nitrogens with one attached hydrogen (secondary N) is 1. The molecule has 2 heterocycles. The molecule has 38 heavy (non-hydrogen) atoms. The van der Waals surface area contributed by atoms with Crippen molar-refractivity contribution in [2.45, 2.75) is 56.9 Å². The van der Waals surface area contributed by atoms with Crippen LogP contribution in [-0.4, -0.2) is 54.2 Å². The van der Waals surface area contributed by atoms with Crippen molar-refractivity contribution in [2.24, 2.45) is 0 Å². The van der Waals surface area contributed by atoms with E-state index in [1.165, 1.54) is 24.3 Å². The van der Waals surface area contributed by atoms with E-state index in [1.54, 1.807) is 4.90 Å². The molecule has 0 bridgehead atoms. The summed E-state index contributed by atoms with van der Waals surface area (Å²) in [7, 11) is 0. The Bertz CT molecular complexity index is 1120. The Morgan fingerprint density at radius 1 is 1.03 bits per heavy atom. The van der Waals surface area contributed by atoms with Crippen molar-refractivity contribution in [1.29, 1.82) is 0 Å². The number of hydrogen-bond acceptors (Lipinski definition) is 3. The van der Waals surface area contributed by atoms with Gasteiger partial charge in [0.05, 0.1) is 30.9 Å². The molecule has 2 amide bonds. The molecule has 2 aliphatic rings. The van der Waals surface area contributed by atoms with Gasteiger partial charge in [0.2, 0.25) is 0 Å². The van der Waals surface area contributed by atoms with Crippen LogP contribution in [0.25, 0.3) is 0 Å². The number of carbonyl (C=O) groups is 1. The van der Waals surface area contributed by atoms with Gasteiger partial charge in [-0.25, -0.2) is 9.18 Å². The predicted octanol–water partition coefficient (Wildman–Crippen LogP) is 5.78. The minimum absolute atomic E-state index is 0.0562. The highest BCUT2D eigenvalue weighted by molar-refractivity contribution is 5.79. The minimum atomic E-state index is -4.98. The molecule has 2 atom stereocenters. The summed E-state index contributed by atoms with van der Waals surface area (Å²) in [6.45, 7) is 4.92. The standard InChI is InChI=1S/C26H28F7N3O2/c1-16(2)35-8-7-22(12-35)36-14-24(34-23(36)37,18-3-5-21(27)6-4-18)15-38-13-17-9-19(25(28,29)30)11-20(10-17)26(31,32)33/h3-6,9-11,16,22H,7-8,12-15H2,1-2H3,(H,34,37). The number of alkyl halides is 6. The molecule has 2 aromatic rings. The van der Waals surface area contributed by atoms with Gasteiger partial charge in [0, 0.05) is 25.2 Å². The number of carbonyl (C=O) groups excluding carboxylic acids is 1. The summed E-state index contributed by atoms with van der Waals surface area (Å²) in [6, 6.07) is 6.49. The zero-order valence-corrected chi connectivity index (χ0v) is 20.8. The second kappa shape index (κ2) is 10.4. The smallest absolute Gasteiger partial charge is 0.374 e. The van der Waals surface area contributed by atoms with Gasteiger partial charge in [-0.05, 0) is 61.7 Å². The monoisotopic (exact) mass is 547 g/mol. The average Bonchev–Trinajstić information content (AvgIpc) is 3.44. The first-order chi connectivity index (χ1) is 17.7. The minimum Gasteiger partial charge on any atom is -0.374 e. The number of hydrogen-bond donors (Lipinski definition) is 1.